The van der Waals surface area contributed by atoms with Gasteiger partial charge < -0.3 is 9.64 Å². The van der Waals surface area contributed by atoms with E-state index in [4.69, 9.17) is 9.73 Å². The maximum absolute atomic E-state index is 13.3. The first-order chi connectivity index (χ1) is 12.2. The van der Waals surface area contributed by atoms with Crippen LogP contribution in [-0.4, -0.2) is 48.6 Å². The zero-order valence-corrected chi connectivity index (χ0v) is 15.2. The minimum Gasteiger partial charge on any atom is -0.378 e. The van der Waals surface area contributed by atoms with Crippen LogP contribution in [0, 0.1) is 5.92 Å². The Bertz CT molecular complexity index is 745. The molecular weight excluding hydrogens is 336 g/mol. The SMILES string of the molecule is CC1=C(C(=O)N2CCOCC2)[C@@H](c2ccsc2)[C@H]2C(=O)CCCC2=N1. The predicted octanol–water partition coefficient (Wildman–Crippen LogP) is 2.79. The summed E-state index contributed by atoms with van der Waals surface area (Å²) in [5.41, 5.74) is 3.50. The summed E-state index contributed by atoms with van der Waals surface area (Å²) in [6.07, 6.45) is 2.31. The Hall–Kier alpha value is -1.79. The molecule has 1 aromatic heterocycles. The van der Waals surface area contributed by atoms with Crippen LogP contribution in [0.3, 0.4) is 0 Å². The van der Waals surface area contributed by atoms with Crippen LogP contribution in [0.4, 0.5) is 0 Å². The van der Waals surface area contributed by atoms with E-state index in [-0.39, 0.29) is 23.5 Å². The number of carbonyl (C=O) groups excluding carboxylic acids is 2. The molecule has 2 aliphatic heterocycles. The van der Waals surface area contributed by atoms with Crippen LogP contribution in [0.25, 0.3) is 0 Å². The number of carbonyl (C=O) groups is 2. The summed E-state index contributed by atoms with van der Waals surface area (Å²) in [4.78, 5) is 32.6. The van der Waals surface area contributed by atoms with E-state index in [9.17, 15) is 9.59 Å². The first kappa shape index (κ1) is 16.7. The van der Waals surface area contributed by atoms with Crippen molar-refractivity contribution in [2.45, 2.75) is 32.1 Å². The zero-order chi connectivity index (χ0) is 17.4. The maximum Gasteiger partial charge on any atom is 0.252 e. The van der Waals surface area contributed by atoms with Crippen molar-refractivity contribution in [2.75, 3.05) is 26.3 Å². The molecular formula is C19H22N2O3S. The minimum atomic E-state index is -0.271. The number of morpholine rings is 1. The van der Waals surface area contributed by atoms with E-state index in [0.29, 0.717) is 38.3 Å². The van der Waals surface area contributed by atoms with Crippen molar-refractivity contribution < 1.29 is 14.3 Å². The first-order valence-corrected chi connectivity index (χ1v) is 9.81. The van der Waals surface area contributed by atoms with Crippen molar-refractivity contribution >= 4 is 28.7 Å². The molecule has 5 nitrogen and oxygen atoms in total. The third-order valence-electron chi connectivity index (χ3n) is 5.34. The molecule has 4 rings (SSSR count). The number of Topliss-reactive ketones (excluding diaryl/α,β-unsaturated/α-hetero) is 1. The Kier molecular flexibility index (Phi) is 4.56. The van der Waals surface area contributed by atoms with Crippen molar-refractivity contribution in [1.82, 2.24) is 4.90 Å². The molecule has 0 bridgehead atoms. The third kappa shape index (κ3) is 2.98. The zero-order valence-electron chi connectivity index (χ0n) is 14.4. The molecule has 1 saturated carbocycles. The Morgan fingerprint density at radius 1 is 1.28 bits per heavy atom. The molecule has 0 N–H and O–H groups in total. The van der Waals surface area contributed by atoms with E-state index in [1.54, 1.807) is 11.3 Å². The fourth-order valence-electron chi connectivity index (χ4n) is 4.15. The highest BCUT2D eigenvalue weighted by Crippen LogP contribution is 2.43. The summed E-state index contributed by atoms with van der Waals surface area (Å²) < 4.78 is 5.38. The van der Waals surface area contributed by atoms with Crippen LogP contribution >= 0.6 is 11.3 Å². The van der Waals surface area contributed by atoms with Gasteiger partial charge in [0.05, 0.1) is 19.1 Å². The summed E-state index contributed by atoms with van der Waals surface area (Å²) >= 11 is 1.61. The summed E-state index contributed by atoms with van der Waals surface area (Å²) in [6.45, 7) is 4.24. The highest BCUT2D eigenvalue weighted by atomic mass is 32.1. The molecule has 1 saturated heterocycles. The smallest absolute Gasteiger partial charge is 0.252 e. The Morgan fingerprint density at radius 3 is 2.80 bits per heavy atom. The molecule has 1 amide bonds. The fraction of sp³-hybridized carbons (Fsp3) is 0.526. The number of thiophene rings is 1. The molecule has 1 aromatic rings. The number of fused-ring (bicyclic) bond motifs is 1. The van der Waals surface area contributed by atoms with Crippen LogP contribution < -0.4 is 0 Å². The second-order valence-electron chi connectivity index (χ2n) is 6.84. The van der Waals surface area contributed by atoms with E-state index in [1.807, 2.05) is 23.3 Å². The van der Waals surface area contributed by atoms with E-state index in [2.05, 4.69) is 5.38 Å². The van der Waals surface area contributed by atoms with Gasteiger partial charge in [-0.2, -0.15) is 11.3 Å². The van der Waals surface area contributed by atoms with E-state index >= 15 is 0 Å². The van der Waals surface area contributed by atoms with Gasteiger partial charge in [0.15, 0.2) is 0 Å². The molecule has 25 heavy (non-hydrogen) atoms. The summed E-state index contributed by atoms with van der Waals surface area (Å²) in [5.74, 6) is -0.229. The lowest BCUT2D eigenvalue weighted by atomic mass is 9.69. The number of hydrogen-bond donors (Lipinski definition) is 0. The Balaban J connectivity index is 1.78. The van der Waals surface area contributed by atoms with Crippen molar-refractivity contribution in [2.24, 2.45) is 10.9 Å². The number of rotatable bonds is 2. The average Bonchev–Trinajstić information content (AvgIpc) is 3.15. The molecule has 3 aliphatic rings. The van der Waals surface area contributed by atoms with E-state index in [1.165, 1.54) is 0 Å². The van der Waals surface area contributed by atoms with Crippen LogP contribution in [0.1, 0.15) is 37.7 Å². The van der Waals surface area contributed by atoms with Gasteiger partial charge in [-0.25, -0.2) is 0 Å². The van der Waals surface area contributed by atoms with Gasteiger partial charge in [-0.15, -0.1) is 0 Å². The maximum atomic E-state index is 13.3. The molecule has 1 aliphatic carbocycles. The Morgan fingerprint density at radius 2 is 2.08 bits per heavy atom. The Labute approximate surface area is 151 Å². The normalized spacial score (nSPS) is 27.2. The lowest BCUT2D eigenvalue weighted by Gasteiger charge is -2.37. The molecule has 3 heterocycles. The van der Waals surface area contributed by atoms with Crippen molar-refractivity contribution in [1.29, 1.82) is 0 Å². The molecule has 132 valence electrons. The fourth-order valence-corrected chi connectivity index (χ4v) is 4.84. The van der Waals surface area contributed by atoms with Crippen molar-refractivity contribution in [3.05, 3.63) is 33.7 Å². The van der Waals surface area contributed by atoms with Crippen LogP contribution in [0.5, 0.6) is 0 Å². The van der Waals surface area contributed by atoms with E-state index < -0.39 is 0 Å². The quantitative estimate of drug-likeness (QED) is 0.817. The van der Waals surface area contributed by atoms with Crippen LogP contribution in [0.15, 0.2) is 33.1 Å². The highest BCUT2D eigenvalue weighted by molar-refractivity contribution is 7.08. The predicted molar refractivity (Wildman–Crippen MR) is 96.9 cm³/mol. The van der Waals surface area contributed by atoms with Gasteiger partial charge >= 0.3 is 0 Å². The molecule has 0 spiro atoms. The topological polar surface area (TPSA) is 59.0 Å². The van der Waals surface area contributed by atoms with Crippen LogP contribution in [0.2, 0.25) is 0 Å². The number of ether oxygens (including phenoxy) is 1. The average molecular weight is 358 g/mol. The monoisotopic (exact) mass is 358 g/mol. The number of ketones is 1. The number of hydrogen-bond acceptors (Lipinski definition) is 5. The summed E-state index contributed by atoms with van der Waals surface area (Å²) in [6, 6.07) is 2.04. The number of allylic oxidation sites excluding steroid dienone is 1. The molecule has 6 heteroatoms. The summed E-state index contributed by atoms with van der Waals surface area (Å²) in [5, 5.41) is 4.08. The molecule has 0 radical (unpaired) electrons. The van der Waals surface area contributed by atoms with Crippen LogP contribution in [-0.2, 0) is 14.3 Å². The second kappa shape index (κ2) is 6.84. The van der Waals surface area contributed by atoms with Gasteiger partial charge in [0, 0.05) is 42.4 Å². The summed E-state index contributed by atoms with van der Waals surface area (Å²) in [7, 11) is 0. The van der Waals surface area contributed by atoms with Crippen molar-refractivity contribution in [3.63, 3.8) is 0 Å². The standard InChI is InChI=1S/C19H22N2O3S/c1-12-16(19(23)21-6-8-24-9-7-21)17(13-5-10-25-11-13)18-14(20-12)3-2-4-15(18)22/h5,10-11,17-18H,2-4,6-9H2,1H3/t17-,18-/m1/s1. The van der Waals surface area contributed by atoms with Gasteiger partial charge in [-0.1, -0.05) is 0 Å². The molecule has 2 atom stereocenters. The van der Waals surface area contributed by atoms with Gasteiger partial charge in [0.25, 0.3) is 5.91 Å². The van der Waals surface area contributed by atoms with Gasteiger partial charge in [0.2, 0.25) is 0 Å². The molecule has 0 unspecified atom stereocenters. The lowest BCUT2D eigenvalue weighted by molar-refractivity contribution is -0.131. The third-order valence-corrected chi connectivity index (χ3v) is 6.04. The van der Waals surface area contributed by atoms with Gasteiger partial charge in [-0.05, 0) is 42.2 Å². The largest absolute Gasteiger partial charge is 0.378 e. The van der Waals surface area contributed by atoms with Gasteiger partial charge in [-0.3, -0.25) is 14.6 Å². The van der Waals surface area contributed by atoms with Crippen molar-refractivity contribution in [3.8, 4) is 0 Å². The van der Waals surface area contributed by atoms with Gasteiger partial charge in [0.1, 0.15) is 5.78 Å². The molecule has 2 fully saturated rings. The first-order valence-electron chi connectivity index (χ1n) is 8.87. The highest BCUT2D eigenvalue weighted by Gasteiger charge is 2.44. The van der Waals surface area contributed by atoms with E-state index in [0.717, 1.165) is 29.8 Å². The lowest BCUT2D eigenvalue weighted by Crippen LogP contribution is -2.45. The number of aliphatic imine (C=N–C) groups is 1. The number of nitrogens with zero attached hydrogens (tertiary/aromatic N) is 2. The second-order valence-corrected chi connectivity index (χ2v) is 7.62. The minimum absolute atomic E-state index is 0.0122. The number of amides is 1. The molecule has 0 aromatic carbocycles.